The average molecular weight is 173 g/mol. The number of alkyl halides is 2. The Morgan fingerprint density at radius 2 is 2.10 bits per heavy atom. The summed E-state index contributed by atoms with van der Waals surface area (Å²) >= 11 is 0. The summed E-state index contributed by atoms with van der Waals surface area (Å²) in [5, 5.41) is 2.58. The van der Waals surface area contributed by atoms with Gasteiger partial charge in [-0.25, -0.2) is 8.78 Å². The van der Waals surface area contributed by atoms with Crippen LogP contribution in [0.2, 0.25) is 0 Å². The van der Waals surface area contributed by atoms with Crippen molar-refractivity contribution in [3.05, 3.63) is 0 Å². The fourth-order valence-electron chi connectivity index (χ4n) is 0.855. The molecular formula is C5H11ClF2N2. The molecule has 0 aromatic rings. The molecule has 0 radical (unpaired) electrons. The number of hydrogen-bond donors (Lipinski definition) is 2. The molecule has 0 saturated carbocycles. The predicted octanol–water partition coefficient (Wildman–Crippen LogP) is 0.364. The normalized spacial score (nSPS) is 30.9. The van der Waals surface area contributed by atoms with Gasteiger partial charge in [0.25, 0.3) is 5.92 Å². The maximum atomic E-state index is 12.4. The first kappa shape index (κ1) is 10.1. The molecule has 0 aromatic carbocycles. The quantitative estimate of drug-likeness (QED) is 0.554. The van der Waals surface area contributed by atoms with E-state index in [4.69, 9.17) is 5.73 Å². The van der Waals surface area contributed by atoms with Crippen molar-refractivity contribution in [2.45, 2.75) is 18.4 Å². The molecule has 62 valence electrons. The molecule has 1 rings (SSSR count). The van der Waals surface area contributed by atoms with Crippen molar-refractivity contribution < 1.29 is 8.78 Å². The number of nitrogens with two attached hydrogens (primary N) is 1. The molecule has 10 heavy (non-hydrogen) atoms. The van der Waals surface area contributed by atoms with Gasteiger partial charge in [-0.2, -0.15) is 0 Å². The minimum atomic E-state index is -2.70. The van der Waals surface area contributed by atoms with Crippen LogP contribution in [0.15, 0.2) is 0 Å². The molecule has 2 nitrogen and oxygen atoms in total. The molecule has 0 bridgehead atoms. The van der Waals surface area contributed by atoms with Crippen molar-refractivity contribution in [1.82, 2.24) is 5.32 Å². The van der Waals surface area contributed by atoms with Crippen molar-refractivity contribution in [1.29, 1.82) is 0 Å². The SMILES string of the molecule is Cl.NC1CCNCC1(F)F. The van der Waals surface area contributed by atoms with Gasteiger partial charge in [0.2, 0.25) is 0 Å². The second-order valence-electron chi connectivity index (χ2n) is 2.33. The highest BCUT2D eigenvalue weighted by Gasteiger charge is 2.38. The molecule has 1 atom stereocenters. The predicted molar refractivity (Wildman–Crippen MR) is 37.7 cm³/mol. The Bertz CT molecular complexity index is 110. The van der Waals surface area contributed by atoms with Crippen molar-refractivity contribution in [3.63, 3.8) is 0 Å². The highest BCUT2D eigenvalue weighted by molar-refractivity contribution is 5.85. The van der Waals surface area contributed by atoms with Gasteiger partial charge in [-0.15, -0.1) is 12.4 Å². The van der Waals surface area contributed by atoms with E-state index < -0.39 is 12.0 Å². The van der Waals surface area contributed by atoms with Crippen LogP contribution in [0.5, 0.6) is 0 Å². The summed E-state index contributed by atoms with van der Waals surface area (Å²) in [5.74, 6) is -2.70. The van der Waals surface area contributed by atoms with Crippen molar-refractivity contribution in [3.8, 4) is 0 Å². The largest absolute Gasteiger partial charge is 0.323 e. The van der Waals surface area contributed by atoms with Gasteiger partial charge in [-0.1, -0.05) is 0 Å². The van der Waals surface area contributed by atoms with Crippen LogP contribution in [0.4, 0.5) is 8.78 Å². The molecule has 5 heteroatoms. The lowest BCUT2D eigenvalue weighted by Crippen LogP contribution is -2.53. The minimum absolute atomic E-state index is 0. The Morgan fingerprint density at radius 3 is 2.40 bits per heavy atom. The van der Waals surface area contributed by atoms with Crippen molar-refractivity contribution in [2.75, 3.05) is 13.1 Å². The molecular weight excluding hydrogens is 162 g/mol. The lowest BCUT2D eigenvalue weighted by Gasteiger charge is -2.28. The number of hydrogen-bond acceptors (Lipinski definition) is 2. The number of nitrogens with one attached hydrogen (secondary N) is 1. The monoisotopic (exact) mass is 172 g/mol. The molecule has 1 saturated heterocycles. The third-order valence-corrected chi connectivity index (χ3v) is 1.54. The smallest absolute Gasteiger partial charge is 0.275 e. The van der Waals surface area contributed by atoms with Crippen molar-refractivity contribution in [2.24, 2.45) is 5.73 Å². The minimum Gasteiger partial charge on any atom is -0.323 e. The van der Waals surface area contributed by atoms with E-state index in [-0.39, 0.29) is 19.0 Å². The molecule has 1 fully saturated rings. The van der Waals surface area contributed by atoms with Gasteiger partial charge in [0.15, 0.2) is 0 Å². The summed E-state index contributed by atoms with van der Waals surface area (Å²) in [7, 11) is 0. The van der Waals surface area contributed by atoms with Gasteiger partial charge >= 0.3 is 0 Å². The van der Waals surface area contributed by atoms with Crippen LogP contribution >= 0.6 is 12.4 Å². The van der Waals surface area contributed by atoms with Crippen LogP contribution in [0.25, 0.3) is 0 Å². The van der Waals surface area contributed by atoms with E-state index >= 15 is 0 Å². The number of piperidine rings is 1. The highest BCUT2D eigenvalue weighted by atomic mass is 35.5. The van der Waals surface area contributed by atoms with E-state index in [1.54, 1.807) is 0 Å². The maximum Gasteiger partial charge on any atom is 0.275 e. The highest BCUT2D eigenvalue weighted by Crippen LogP contribution is 2.20. The molecule has 0 aliphatic carbocycles. The Balaban J connectivity index is 0.000000810. The van der Waals surface area contributed by atoms with E-state index in [0.29, 0.717) is 13.0 Å². The topological polar surface area (TPSA) is 38.0 Å². The van der Waals surface area contributed by atoms with Crippen LogP contribution in [-0.4, -0.2) is 25.1 Å². The van der Waals surface area contributed by atoms with Gasteiger partial charge < -0.3 is 11.1 Å². The summed E-state index contributed by atoms with van der Waals surface area (Å²) in [6.07, 6.45) is 0.368. The number of halogens is 3. The fourth-order valence-corrected chi connectivity index (χ4v) is 0.855. The molecule has 0 aromatic heterocycles. The van der Waals surface area contributed by atoms with Gasteiger partial charge in [-0.05, 0) is 13.0 Å². The third kappa shape index (κ3) is 2.04. The molecule has 1 aliphatic rings. The average Bonchev–Trinajstić information content (AvgIpc) is 1.77. The second kappa shape index (κ2) is 3.46. The molecule has 0 amide bonds. The molecule has 1 heterocycles. The summed E-state index contributed by atoms with van der Waals surface area (Å²) in [6.45, 7) is 0.338. The zero-order valence-corrected chi connectivity index (χ0v) is 6.26. The van der Waals surface area contributed by atoms with Crippen LogP contribution in [0.3, 0.4) is 0 Å². The Morgan fingerprint density at radius 1 is 1.50 bits per heavy atom. The maximum absolute atomic E-state index is 12.4. The van der Waals surface area contributed by atoms with E-state index in [0.717, 1.165) is 0 Å². The molecule has 0 spiro atoms. The Kier molecular flexibility index (Phi) is 3.48. The van der Waals surface area contributed by atoms with Crippen LogP contribution in [0, 0.1) is 0 Å². The lowest BCUT2D eigenvalue weighted by atomic mass is 10.0. The van der Waals surface area contributed by atoms with Crippen LogP contribution < -0.4 is 11.1 Å². The molecule has 3 N–H and O–H groups in total. The first-order valence-electron chi connectivity index (χ1n) is 2.97. The summed E-state index contributed by atoms with van der Waals surface area (Å²) in [6, 6.07) is -0.946. The van der Waals surface area contributed by atoms with Gasteiger partial charge in [0.05, 0.1) is 12.6 Å². The second-order valence-corrected chi connectivity index (χ2v) is 2.33. The zero-order chi connectivity index (χ0) is 6.91. The van der Waals surface area contributed by atoms with Gasteiger partial charge in [-0.3, -0.25) is 0 Å². The van der Waals surface area contributed by atoms with E-state index in [1.807, 2.05) is 0 Å². The lowest BCUT2D eigenvalue weighted by molar-refractivity contribution is -0.0388. The standard InChI is InChI=1S/C5H10F2N2.ClH/c6-5(7)3-9-2-1-4(5)8;/h4,9H,1-3,8H2;1H. The summed E-state index contributed by atoms with van der Waals surface area (Å²) in [4.78, 5) is 0. The fraction of sp³-hybridized carbons (Fsp3) is 1.00. The molecule has 1 unspecified atom stereocenters. The van der Waals surface area contributed by atoms with E-state index in [2.05, 4.69) is 5.32 Å². The zero-order valence-electron chi connectivity index (χ0n) is 5.44. The van der Waals surface area contributed by atoms with Gasteiger partial charge in [0.1, 0.15) is 0 Å². The van der Waals surface area contributed by atoms with E-state index in [9.17, 15) is 8.78 Å². The summed E-state index contributed by atoms with van der Waals surface area (Å²) < 4.78 is 24.8. The van der Waals surface area contributed by atoms with Crippen LogP contribution in [0.1, 0.15) is 6.42 Å². The van der Waals surface area contributed by atoms with Gasteiger partial charge in [0, 0.05) is 0 Å². The molecule has 1 aliphatic heterocycles. The Labute approximate surface area is 64.6 Å². The van der Waals surface area contributed by atoms with E-state index in [1.165, 1.54) is 0 Å². The first-order valence-corrected chi connectivity index (χ1v) is 2.97. The number of rotatable bonds is 0. The third-order valence-electron chi connectivity index (χ3n) is 1.54. The van der Waals surface area contributed by atoms with Crippen molar-refractivity contribution >= 4 is 12.4 Å². The van der Waals surface area contributed by atoms with Crippen LogP contribution in [-0.2, 0) is 0 Å². The summed E-state index contributed by atoms with van der Waals surface area (Å²) in [5.41, 5.74) is 5.12. The Hall–Kier alpha value is 0.0700. The first-order chi connectivity index (χ1) is 4.13.